The second kappa shape index (κ2) is 10.6. The van der Waals surface area contributed by atoms with E-state index in [9.17, 15) is 0 Å². The number of hydrogen-bond acceptors (Lipinski definition) is 3. The van der Waals surface area contributed by atoms with Gasteiger partial charge in [0.1, 0.15) is 11.9 Å². The van der Waals surface area contributed by atoms with E-state index in [0.717, 1.165) is 50.7 Å². The Bertz CT molecular complexity index is 1900. The van der Waals surface area contributed by atoms with Crippen molar-refractivity contribution < 1.29 is 4.74 Å². The van der Waals surface area contributed by atoms with Crippen LogP contribution in [0.25, 0.3) is 5.57 Å². The molecule has 0 amide bonds. The van der Waals surface area contributed by atoms with Crippen LogP contribution in [0.4, 0.5) is 5.69 Å². The number of rotatable bonds is 4. The lowest BCUT2D eigenvalue weighted by molar-refractivity contribution is 0.242. The molecule has 0 aromatic heterocycles. The fourth-order valence-electron chi connectivity index (χ4n) is 9.52. The number of nitrogens with zero attached hydrogens (tertiary/aromatic N) is 2. The van der Waals surface area contributed by atoms with E-state index >= 15 is 0 Å². The third kappa shape index (κ3) is 3.92. The lowest BCUT2D eigenvalue weighted by Gasteiger charge is -2.47. The van der Waals surface area contributed by atoms with E-state index in [-0.39, 0.29) is 11.9 Å². The van der Waals surface area contributed by atoms with Crippen LogP contribution in [0, 0.1) is 0 Å². The smallest absolute Gasteiger partial charge is 0.225 e. The van der Waals surface area contributed by atoms with Crippen molar-refractivity contribution in [3.05, 3.63) is 155 Å². The largest absolute Gasteiger partial charge is 0.486 e. The van der Waals surface area contributed by atoms with Gasteiger partial charge in [0.05, 0.1) is 12.1 Å². The minimum absolute atomic E-state index is 0.00647. The molecule has 0 fully saturated rings. The predicted octanol–water partition coefficient (Wildman–Crippen LogP) is 8.68. The van der Waals surface area contributed by atoms with Gasteiger partial charge in [0.15, 0.2) is 0 Å². The van der Waals surface area contributed by atoms with Gasteiger partial charge >= 0.3 is 0 Å². The van der Waals surface area contributed by atoms with E-state index < -0.39 is 0 Å². The highest BCUT2D eigenvalue weighted by atomic mass is 16.5. The highest BCUT2D eigenvalue weighted by molar-refractivity contribution is 6.84. The van der Waals surface area contributed by atoms with Gasteiger partial charge in [-0.25, -0.2) is 0 Å². The molecule has 0 N–H and O–H groups in total. The van der Waals surface area contributed by atoms with Gasteiger partial charge in [0, 0.05) is 40.1 Å². The third-order valence-corrected chi connectivity index (χ3v) is 11.5. The molecule has 10 rings (SSSR count). The van der Waals surface area contributed by atoms with E-state index in [1.54, 1.807) is 5.47 Å². The Balaban J connectivity index is 1.18. The maximum Gasteiger partial charge on any atom is 0.225 e. The third-order valence-electron chi connectivity index (χ3n) is 11.5. The number of hydrogen-bond donors (Lipinski definition) is 0. The Morgan fingerprint density at radius 3 is 2.59 bits per heavy atom. The lowest BCUT2D eigenvalue weighted by Crippen LogP contribution is -2.55. The van der Waals surface area contributed by atoms with Gasteiger partial charge in [0.25, 0.3) is 0 Å². The van der Waals surface area contributed by atoms with Crippen LogP contribution in [0.3, 0.4) is 0 Å². The molecule has 0 bridgehead atoms. The molecular formula is C42H39BN2O. The van der Waals surface area contributed by atoms with Crippen LogP contribution < -0.4 is 15.1 Å². The van der Waals surface area contributed by atoms with E-state index in [0.29, 0.717) is 24.7 Å². The van der Waals surface area contributed by atoms with Crippen molar-refractivity contribution in [1.82, 2.24) is 4.90 Å². The van der Waals surface area contributed by atoms with Crippen molar-refractivity contribution in [3.8, 4) is 5.75 Å². The van der Waals surface area contributed by atoms with Crippen molar-refractivity contribution >= 4 is 23.4 Å². The molecule has 1 aromatic carbocycles. The van der Waals surface area contributed by atoms with Gasteiger partial charge in [-0.1, -0.05) is 96.6 Å². The highest BCUT2D eigenvalue weighted by Gasteiger charge is 2.53. The first-order valence-electron chi connectivity index (χ1n) is 17.5. The molecule has 9 aliphatic rings. The summed E-state index contributed by atoms with van der Waals surface area (Å²) in [6.45, 7) is 0.297. The highest BCUT2D eigenvalue weighted by Crippen LogP contribution is 2.55. The molecular weight excluding hydrogens is 559 g/mol. The van der Waals surface area contributed by atoms with Crippen molar-refractivity contribution in [3.63, 3.8) is 0 Å². The summed E-state index contributed by atoms with van der Waals surface area (Å²) >= 11 is 0. The second-order valence-electron chi connectivity index (χ2n) is 14.0. The number of fused-ring (bicyclic) bond motifs is 7. The first-order valence-corrected chi connectivity index (χ1v) is 17.5. The van der Waals surface area contributed by atoms with Crippen molar-refractivity contribution in [2.45, 2.75) is 74.9 Å². The fourth-order valence-corrected chi connectivity index (χ4v) is 9.52. The van der Waals surface area contributed by atoms with E-state index in [2.05, 4.69) is 131 Å². The molecule has 1 aromatic rings. The summed E-state index contributed by atoms with van der Waals surface area (Å²) < 4.78 is 7.28. The van der Waals surface area contributed by atoms with Crippen LogP contribution >= 0.6 is 0 Å². The predicted molar refractivity (Wildman–Crippen MR) is 191 cm³/mol. The molecule has 0 spiro atoms. The van der Waals surface area contributed by atoms with Crippen LogP contribution in [0.5, 0.6) is 5.75 Å². The molecule has 0 saturated carbocycles. The van der Waals surface area contributed by atoms with Gasteiger partial charge < -0.3 is 14.5 Å². The Hall–Kier alpha value is -4.44. The quantitative estimate of drug-likeness (QED) is 0.323. The maximum atomic E-state index is 7.28. The SMILES string of the molecule is C1=CCCC(c2cc3c4c5c2OC2C=CC(N(C6=CCCC=C6)C6C=CC=CC6)=CC2B5C2=C(C=CCC2)N4C2C=CC=CC32)=C1. The van der Waals surface area contributed by atoms with Crippen LogP contribution in [-0.4, -0.2) is 29.8 Å². The Morgan fingerprint density at radius 1 is 0.804 bits per heavy atom. The average Bonchev–Trinajstić information content (AvgIpc) is 3.47. The molecule has 3 heterocycles. The molecule has 5 atom stereocenters. The number of allylic oxidation sites excluding steroid dienone is 15. The van der Waals surface area contributed by atoms with E-state index in [1.807, 2.05) is 0 Å². The Labute approximate surface area is 273 Å². The molecule has 6 aliphatic carbocycles. The molecule has 4 heteroatoms. The molecule has 0 saturated heterocycles. The van der Waals surface area contributed by atoms with Crippen LogP contribution in [0.15, 0.2) is 144 Å². The van der Waals surface area contributed by atoms with Crippen LogP contribution in [-0.2, 0) is 0 Å². The van der Waals surface area contributed by atoms with Crippen molar-refractivity contribution in [1.29, 1.82) is 0 Å². The zero-order valence-electron chi connectivity index (χ0n) is 26.3. The van der Waals surface area contributed by atoms with Gasteiger partial charge in [-0.2, -0.15) is 0 Å². The zero-order valence-corrected chi connectivity index (χ0v) is 26.3. The summed E-state index contributed by atoms with van der Waals surface area (Å²) in [4.78, 5) is 5.28. The Morgan fingerprint density at radius 2 is 1.72 bits per heavy atom. The summed E-state index contributed by atoms with van der Waals surface area (Å²) in [7, 11) is 0. The summed E-state index contributed by atoms with van der Waals surface area (Å²) in [5, 5.41) is 0. The van der Waals surface area contributed by atoms with Gasteiger partial charge in [0.2, 0.25) is 6.71 Å². The fraction of sp³-hybridized carbons (Fsp3) is 0.286. The topological polar surface area (TPSA) is 15.7 Å². The summed E-state index contributed by atoms with van der Waals surface area (Å²) in [6, 6.07) is 3.13. The maximum absolute atomic E-state index is 7.28. The molecule has 5 unspecified atom stereocenters. The van der Waals surface area contributed by atoms with Gasteiger partial charge in [-0.05, 0) is 91.9 Å². The number of benzene rings is 1. The second-order valence-corrected chi connectivity index (χ2v) is 14.0. The number of ether oxygens (including phenoxy) is 1. The molecule has 226 valence electrons. The first kappa shape index (κ1) is 26.8. The minimum Gasteiger partial charge on any atom is -0.486 e. The summed E-state index contributed by atoms with van der Waals surface area (Å²) in [6.07, 6.45) is 52.2. The normalized spacial score (nSPS) is 30.3. The molecule has 46 heavy (non-hydrogen) atoms. The van der Waals surface area contributed by atoms with Crippen LogP contribution in [0.2, 0.25) is 5.82 Å². The first-order chi connectivity index (χ1) is 22.8. The molecule has 0 radical (unpaired) electrons. The zero-order chi connectivity index (χ0) is 30.2. The Kier molecular flexibility index (Phi) is 6.14. The molecule has 3 aliphatic heterocycles. The standard InChI is InChI=1S/C42H39BN2O/c1-4-14-28(15-5-1)33-27-34-32-20-10-12-22-37(32)45-38-23-13-11-21-35(38)43-36-26-31(24-25-39(36)46-42(33)40(43)41(34)45)44(29-16-6-2-7-17-29)30-18-8-3-9-19-30/h1-2,4,6-8,10,12-14,16,18-20,22-27,29,32,36-37,39H,3,5,9,11,15,17,21H2. The summed E-state index contributed by atoms with van der Waals surface area (Å²) in [5.74, 6) is 1.73. The van der Waals surface area contributed by atoms with E-state index in [1.165, 1.54) is 44.9 Å². The summed E-state index contributed by atoms with van der Waals surface area (Å²) in [5.41, 5.74) is 12.8. The minimum atomic E-state index is 0.00647. The van der Waals surface area contributed by atoms with Crippen LogP contribution in [0.1, 0.15) is 62.0 Å². The monoisotopic (exact) mass is 598 g/mol. The molecule has 3 nitrogen and oxygen atoms in total. The van der Waals surface area contributed by atoms with Crippen molar-refractivity contribution in [2.24, 2.45) is 0 Å². The van der Waals surface area contributed by atoms with Crippen molar-refractivity contribution in [2.75, 3.05) is 4.90 Å². The van der Waals surface area contributed by atoms with Gasteiger partial charge in [-0.15, -0.1) is 0 Å². The average molecular weight is 599 g/mol. The number of anilines is 1. The van der Waals surface area contributed by atoms with E-state index in [4.69, 9.17) is 4.74 Å². The van der Waals surface area contributed by atoms with Gasteiger partial charge in [-0.3, -0.25) is 0 Å². The lowest BCUT2D eigenvalue weighted by atomic mass is 9.28.